The van der Waals surface area contributed by atoms with Gasteiger partial charge in [-0.2, -0.15) is 0 Å². The number of esters is 1. The van der Waals surface area contributed by atoms with Gasteiger partial charge in [-0.3, -0.25) is 4.79 Å². The number of carbonyl (C=O) groups excluding carboxylic acids is 1. The van der Waals surface area contributed by atoms with Crippen LogP contribution in [0.4, 0.5) is 0 Å². The van der Waals surface area contributed by atoms with Gasteiger partial charge in [0.05, 0.1) is 6.61 Å². The van der Waals surface area contributed by atoms with Crippen molar-refractivity contribution in [3.63, 3.8) is 0 Å². The number of aliphatic hydroxyl groups is 3. The van der Waals surface area contributed by atoms with Crippen LogP contribution in [-0.4, -0.2) is 46.7 Å². The van der Waals surface area contributed by atoms with E-state index in [2.05, 4.69) is 6.92 Å². The zero-order chi connectivity index (χ0) is 17.3. The Kier molecular flexibility index (Phi) is 15.8. The maximum Gasteiger partial charge on any atom is 0.305 e. The minimum Gasteiger partial charge on any atom is -0.463 e. The van der Waals surface area contributed by atoms with Gasteiger partial charge in [0.2, 0.25) is 0 Å². The average Bonchev–Trinajstić information content (AvgIpc) is 2.56. The van der Waals surface area contributed by atoms with E-state index in [1.54, 1.807) is 0 Å². The molecule has 0 bridgehead atoms. The fourth-order valence-electron chi connectivity index (χ4n) is 2.42. The second-order valence-corrected chi connectivity index (χ2v) is 6.29. The van der Waals surface area contributed by atoms with Crippen LogP contribution in [0.2, 0.25) is 0 Å². The van der Waals surface area contributed by atoms with Crippen LogP contribution >= 0.6 is 0 Å². The second kappa shape index (κ2) is 16.2. The van der Waals surface area contributed by atoms with Gasteiger partial charge in [0.15, 0.2) is 0 Å². The topological polar surface area (TPSA) is 87.0 Å². The fourth-order valence-corrected chi connectivity index (χ4v) is 2.42. The standard InChI is InChI=1S/C18H36O5/c1-2-3-4-5-6-7-8-9-10-11-12-13-18(22)23-15-17(21)16(20)14-19/h16-17,19-21H,2-15H2,1H3/t16-,17+/m1/s1. The van der Waals surface area contributed by atoms with Crippen LogP contribution in [-0.2, 0) is 9.53 Å². The number of carbonyl (C=O) groups is 1. The molecule has 0 heterocycles. The summed E-state index contributed by atoms with van der Waals surface area (Å²) in [5, 5.41) is 27.1. The van der Waals surface area contributed by atoms with Crippen molar-refractivity contribution in [2.45, 2.75) is 96.2 Å². The van der Waals surface area contributed by atoms with Crippen molar-refractivity contribution in [2.24, 2.45) is 0 Å². The number of aliphatic hydroxyl groups excluding tert-OH is 3. The maximum atomic E-state index is 11.4. The SMILES string of the molecule is CCCCCCCCCCCCCC(=O)OC[C@H](O)[C@H](O)CO. The van der Waals surface area contributed by atoms with Crippen molar-refractivity contribution >= 4 is 5.97 Å². The monoisotopic (exact) mass is 332 g/mol. The van der Waals surface area contributed by atoms with E-state index >= 15 is 0 Å². The van der Waals surface area contributed by atoms with Gasteiger partial charge in [-0.25, -0.2) is 0 Å². The highest BCUT2D eigenvalue weighted by Gasteiger charge is 2.16. The molecule has 2 atom stereocenters. The number of rotatable bonds is 16. The van der Waals surface area contributed by atoms with Crippen molar-refractivity contribution in [1.29, 1.82) is 0 Å². The third kappa shape index (κ3) is 14.7. The first-order valence-corrected chi connectivity index (χ1v) is 9.24. The molecule has 0 aliphatic heterocycles. The summed E-state index contributed by atoms with van der Waals surface area (Å²) >= 11 is 0. The van der Waals surface area contributed by atoms with E-state index in [0.29, 0.717) is 6.42 Å². The highest BCUT2D eigenvalue weighted by Crippen LogP contribution is 2.12. The Bertz CT molecular complexity index is 270. The summed E-state index contributed by atoms with van der Waals surface area (Å²) in [5.41, 5.74) is 0. The Hall–Kier alpha value is -0.650. The number of unbranched alkanes of at least 4 members (excludes halogenated alkanes) is 10. The molecule has 0 saturated heterocycles. The largest absolute Gasteiger partial charge is 0.463 e. The summed E-state index contributed by atoms with van der Waals surface area (Å²) in [4.78, 5) is 11.4. The summed E-state index contributed by atoms with van der Waals surface area (Å²) in [6, 6.07) is 0. The molecule has 0 aliphatic carbocycles. The molecule has 0 radical (unpaired) electrons. The van der Waals surface area contributed by atoms with Crippen LogP contribution in [0.15, 0.2) is 0 Å². The van der Waals surface area contributed by atoms with E-state index < -0.39 is 18.8 Å². The molecule has 23 heavy (non-hydrogen) atoms. The van der Waals surface area contributed by atoms with Crippen molar-refractivity contribution in [3.8, 4) is 0 Å². The normalized spacial score (nSPS) is 13.7. The van der Waals surface area contributed by atoms with Gasteiger partial charge in [-0.1, -0.05) is 71.1 Å². The molecule has 0 aromatic rings. The van der Waals surface area contributed by atoms with Crippen LogP contribution in [0, 0.1) is 0 Å². The molecular weight excluding hydrogens is 296 g/mol. The summed E-state index contributed by atoms with van der Waals surface area (Å²) in [5.74, 6) is -0.356. The molecule has 3 N–H and O–H groups in total. The molecule has 0 spiro atoms. The van der Waals surface area contributed by atoms with E-state index in [9.17, 15) is 9.90 Å². The Morgan fingerprint density at radius 2 is 1.30 bits per heavy atom. The first-order chi connectivity index (χ1) is 11.1. The van der Waals surface area contributed by atoms with Crippen molar-refractivity contribution < 1.29 is 24.9 Å². The van der Waals surface area contributed by atoms with E-state index in [1.165, 1.54) is 51.4 Å². The van der Waals surface area contributed by atoms with Gasteiger partial charge in [-0.15, -0.1) is 0 Å². The van der Waals surface area contributed by atoms with Crippen molar-refractivity contribution in [2.75, 3.05) is 13.2 Å². The molecule has 0 rings (SSSR count). The van der Waals surface area contributed by atoms with Gasteiger partial charge in [-0.05, 0) is 6.42 Å². The summed E-state index contributed by atoms with van der Waals surface area (Å²) in [6.45, 7) is 1.42. The first-order valence-electron chi connectivity index (χ1n) is 9.24. The summed E-state index contributed by atoms with van der Waals surface area (Å²) in [7, 11) is 0. The van der Waals surface area contributed by atoms with Crippen LogP contribution < -0.4 is 0 Å². The van der Waals surface area contributed by atoms with Gasteiger partial charge >= 0.3 is 5.97 Å². The fraction of sp³-hybridized carbons (Fsp3) is 0.944. The minimum atomic E-state index is -1.26. The third-order valence-corrected chi connectivity index (χ3v) is 4.03. The van der Waals surface area contributed by atoms with E-state index in [-0.39, 0.29) is 12.6 Å². The lowest BCUT2D eigenvalue weighted by Crippen LogP contribution is -2.34. The smallest absolute Gasteiger partial charge is 0.305 e. The van der Waals surface area contributed by atoms with E-state index in [0.717, 1.165) is 19.3 Å². The average molecular weight is 332 g/mol. The van der Waals surface area contributed by atoms with Gasteiger partial charge < -0.3 is 20.1 Å². The minimum absolute atomic E-state index is 0.265. The summed E-state index contributed by atoms with van der Waals surface area (Å²) < 4.78 is 4.86. The molecule has 5 heteroatoms. The lowest BCUT2D eigenvalue weighted by Gasteiger charge is -2.15. The molecule has 138 valence electrons. The van der Waals surface area contributed by atoms with Crippen molar-refractivity contribution in [1.82, 2.24) is 0 Å². The number of ether oxygens (including phenoxy) is 1. The molecule has 0 saturated carbocycles. The molecule has 0 aliphatic rings. The van der Waals surface area contributed by atoms with Crippen LogP contribution in [0.3, 0.4) is 0 Å². The van der Waals surface area contributed by atoms with Crippen LogP contribution in [0.5, 0.6) is 0 Å². The van der Waals surface area contributed by atoms with Crippen LogP contribution in [0.25, 0.3) is 0 Å². The lowest BCUT2D eigenvalue weighted by molar-refractivity contribution is -0.149. The number of hydrogen-bond donors (Lipinski definition) is 3. The molecule has 0 unspecified atom stereocenters. The Morgan fingerprint density at radius 1 is 0.826 bits per heavy atom. The Labute approximate surface area is 141 Å². The number of hydrogen-bond acceptors (Lipinski definition) is 5. The first kappa shape index (κ1) is 22.4. The van der Waals surface area contributed by atoms with E-state index in [1.807, 2.05) is 0 Å². The predicted octanol–water partition coefficient (Wildman–Crippen LogP) is 2.94. The van der Waals surface area contributed by atoms with Crippen LogP contribution in [0.1, 0.15) is 84.0 Å². The van der Waals surface area contributed by atoms with Gasteiger partial charge in [0.25, 0.3) is 0 Å². The molecule has 0 amide bonds. The predicted molar refractivity (Wildman–Crippen MR) is 91.1 cm³/mol. The lowest BCUT2D eigenvalue weighted by atomic mass is 10.1. The molecule has 0 aromatic heterocycles. The Morgan fingerprint density at radius 3 is 1.78 bits per heavy atom. The molecule has 0 aromatic carbocycles. The van der Waals surface area contributed by atoms with Gasteiger partial charge in [0, 0.05) is 6.42 Å². The second-order valence-electron chi connectivity index (χ2n) is 6.29. The highest BCUT2D eigenvalue weighted by molar-refractivity contribution is 5.69. The van der Waals surface area contributed by atoms with Gasteiger partial charge in [0.1, 0.15) is 18.8 Å². The summed E-state index contributed by atoms with van der Waals surface area (Å²) in [6.07, 6.45) is 11.4. The quantitative estimate of drug-likeness (QED) is 0.299. The zero-order valence-corrected chi connectivity index (χ0v) is 14.7. The van der Waals surface area contributed by atoms with Crippen molar-refractivity contribution in [3.05, 3.63) is 0 Å². The maximum absolute atomic E-state index is 11.4. The molecular formula is C18H36O5. The highest BCUT2D eigenvalue weighted by atomic mass is 16.5. The zero-order valence-electron chi connectivity index (χ0n) is 14.7. The third-order valence-electron chi connectivity index (χ3n) is 4.03. The van der Waals surface area contributed by atoms with E-state index in [4.69, 9.17) is 14.9 Å². The molecule has 5 nitrogen and oxygen atoms in total. The molecule has 0 fully saturated rings. The Balaban J connectivity index is 3.29.